The van der Waals surface area contributed by atoms with Crippen LogP contribution in [0.3, 0.4) is 0 Å². The Kier molecular flexibility index (Phi) is 6.52. The summed E-state index contributed by atoms with van der Waals surface area (Å²) in [5.41, 5.74) is 1.23. The first kappa shape index (κ1) is 16.2. The molecule has 1 aromatic carbocycles. The molecule has 1 rings (SSSR count). The van der Waals surface area contributed by atoms with E-state index in [0.29, 0.717) is 6.42 Å². The lowest BCUT2D eigenvalue weighted by Gasteiger charge is -2.18. The Morgan fingerprint density at radius 3 is 2.32 bits per heavy atom. The molecular formula is C15H25NO2S. The lowest BCUT2D eigenvalue weighted by Crippen LogP contribution is -2.23. The predicted octanol–water partition coefficient (Wildman–Crippen LogP) is 2.94. The van der Waals surface area contributed by atoms with Crippen LogP contribution in [0.25, 0.3) is 0 Å². The molecular weight excluding hydrogens is 258 g/mol. The minimum absolute atomic E-state index is 0.244. The summed E-state index contributed by atoms with van der Waals surface area (Å²) in [4.78, 5) is 0. The molecule has 0 spiro atoms. The van der Waals surface area contributed by atoms with Crippen molar-refractivity contribution in [3.05, 3.63) is 35.9 Å². The molecule has 0 aliphatic heterocycles. The van der Waals surface area contributed by atoms with Crippen molar-refractivity contribution in [2.75, 3.05) is 12.3 Å². The first-order valence-electron chi connectivity index (χ1n) is 6.97. The largest absolute Gasteiger partial charge is 0.310 e. The van der Waals surface area contributed by atoms with Crippen LogP contribution in [0.2, 0.25) is 0 Å². The number of benzene rings is 1. The number of rotatable bonds is 8. The van der Waals surface area contributed by atoms with Crippen LogP contribution in [-0.4, -0.2) is 26.0 Å². The van der Waals surface area contributed by atoms with Crippen molar-refractivity contribution in [2.24, 2.45) is 0 Å². The van der Waals surface area contributed by atoms with Crippen LogP contribution in [0, 0.1) is 0 Å². The Balaban J connectivity index is 2.57. The van der Waals surface area contributed by atoms with Gasteiger partial charge in [-0.2, -0.15) is 0 Å². The fraction of sp³-hybridized carbons (Fsp3) is 0.600. The van der Waals surface area contributed by atoms with E-state index in [-0.39, 0.29) is 17.0 Å². The van der Waals surface area contributed by atoms with Gasteiger partial charge in [-0.15, -0.1) is 0 Å². The smallest absolute Gasteiger partial charge is 0.152 e. The van der Waals surface area contributed by atoms with Crippen molar-refractivity contribution in [3.8, 4) is 0 Å². The molecule has 0 heterocycles. The van der Waals surface area contributed by atoms with Crippen LogP contribution >= 0.6 is 0 Å². The highest BCUT2D eigenvalue weighted by molar-refractivity contribution is 7.91. The zero-order chi connectivity index (χ0) is 14.3. The molecule has 0 aliphatic carbocycles. The van der Waals surface area contributed by atoms with E-state index >= 15 is 0 Å². The second kappa shape index (κ2) is 7.65. The Morgan fingerprint density at radius 1 is 1.16 bits per heavy atom. The minimum atomic E-state index is -2.92. The lowest BCUT2D eigenvalue weighted by atomic mass is 10.0. The van der Waals surface area contributed by atoms with Crippen molar-refractivity contribution in [2.45, 2.75) is 44.9 Å². The summed E-state index contributed by atoms with van der Waals surface area (Å²) < 4.78 is 23.6. The van der Waals surface area contributed by atoms with Crippen molar-refractivity contribution < 1.29 is 8.42 Å². The van der Waals surface area contributed by atoms with Crippen LogP contribution in [0.5, 0.6) is 0 Å². The number of nitrogens with one attached hydrogen (secondary N) is 1. The second-order valence-electron chi connectivity index (χ2n) is 5.08. The molecule has 3 nitrogen and oxygen atoms in total. The normalized spacial score (nSPS) is 13.7. The van der Waals surface area contributed by atoms with E-state index in [4.69, 9.17) is 0 Å². The van der Waals surface area contributed by atoms with Gasteiger partial charge in [-0.25, -0.2) is 8.42 Å². The highest BCUT2D eigenvalue weighted by Gasteiger charge is 2.17. The van der Waals surface area contributed by atoms with Crippen LogP contribution in [0.1, 0.15) is 45.2 Å². The molecule has 1 unspecified atom stereocenters. The molecule has 4 heteroatoms. The van der Waals surface area contributed by atoms with Crippen molar-refractivity contribution in [1.29, 1.82) is 0 Å². The molecule has 0 aliphatic rings. The summed E-state index contributed by atoms with van der Waals surface area (Å²) in [6.45, 7) is 6.44. The third-order valence-electron chi connectivity index (χ3n) is 3.29. The van der Waals surface area contributed by atoms with E-state index in [1.165, 1.54) is 5.56 Å². The number of sulfone groups is 1. The summed E-state index contributed by atoms with van der Waals surface area (Å²) in [6.07, 6.45) is 1.55. The molecule has 108 valence electrons. The van der Waals surface area contributed by atoms with Crippen molar-refractivity contribution >= 4 is 9.84 Å². The van der Waals surface area contributed by atoms with Crippen molar-refractivity contribution in [3.63, 3.8) is 0 Å². The Bertz CT molecular complexity index is 454. The topological polar surface area (TPSA) is 46.2 Å². The summed E-state index contributed by atoms with van der Waals surface area (Å²) in [6, 6.07) is 10.5. The maximum Gasteiger partial charge on any atom is 0.152 e. The standard InChI is InChI=1S/C15H25NO2S/c1-4-16-15(14-9-6-5-7-10-14)11-8-12-19(17,18)13(2)3/h5-7,9-10,13,15-16H,4,8,11-12H2,1-3H3. The van der Waals surface area contributed by atoms with Gasteiger partial charge in [0.1, 0.15) is 0 Å². The van der Waals surface area contributed by atoms with Gasteiger partial charge in [0, 0.05) is 6.04 Å². The van der Waals surface area contributed by atoms with Gasteiger partial charge < -0.3 is 5.32 Å². The van der Waals surface area contributed by atoms with E-state index in [1.807, 2.05) is 18.2 Å². The maximum atomic E-state index is 11.8. The van der Waals surface area contributed by atoms with Gasteiger partial charge in [-0.1, -0.05) is 37.3 Å². The SMILES string of the molecule is CCNC(CCCS(=O)(=O)C(C)C)c1ccccc1. The zero-order valence-electron chi connectivity index (χ0n) is 12.1. The lowest BCUT2D eigenvalue weighted by molar-refractivity contribution is 0.506. The Morgan fingerprint density at radius 2 is 1.79 bits per heavy atom. The summed E-state index contributed by atoms with van der Waals surface area (Å²) in [7, 11) is -2.92. The van der Waals surface area contributed by atoms with E-state index in [0.717, 1.165) is 13.0 Å². The van der Waals surface area contributed by atoms with Gasteiger partial charge in [0.25, 0.3) is 0 Å². The van der Waals surface area contributed by atoms with E-state index in [1.54, 1.807) is 13.8 Å². The molecule has 0 saturated carbocycles. The molecule has 0 saturated heterocycles. The van der Waals surface area contributed by atoms with E-state index < -0.39 is 9.84 Å². The summed E-state index contributed by atoms with van der Waals surface area (Å²) >= 11 is 0. The third kappa shape index (κ3) is 5.33. The molecule has 1 aromatic rings. The molecule has 0 amide bonds. The fourth-order valence-corrected chi connectivity index (χ4v) is 3.08. The van der Waals surface area contributed by atoms with Gasteiger partial charge in [0.05, 0.1) is 11.0 Å². The predicted molar refractivity (Wildman–Crippen MR) is 81.0 cm³/mol. The van der Waals surface area contributed by atoms with Crippen LogP contribution in [0.4, 0.5) is 0 Å². The van der Waals surface area contributed by atoms with Crippen LogP contribution < -0.4 is 5.32 Å². The molecule has 0 radical (unpaired) electrons. The maximum absolute atomic E-state index is 11.8. The third-order valence-corrected chi connectivity index (χ3v) is 5.59. The van der Waals surface area contributed by atoms with E-state index in [2.05, 4.69) is 24.4 Å². The van der Waals surface area contributed by atoms with Gasteiger partial charge >= 0.3 is 0 Å². The molecule has 0 aromatic heterocycles. The molecule has 0 fully saturated rings. The number of hydrogen-bond acceptors (Lipinski definition) is 3. The average Bonchev–Trinajstić information content (AvgIpc) is 2.38. The quantitative estimate of drug-likeness (QED) is 0.798. The highest BCUT2D eigenvalue weighted by atomic mass is 32.2. The van der Waals surface area contributed by atoms with Gasteiger partial charge in [0.2, 0.25) is 0 Å². The van der Waals surface area contributed by atoms with Gasteiger partial charge in [0.15, 0.2) is 9.84 Å². The van der Waals surface area contributed by atoms with Gasteiger partial charge in [-0.05, 0) is 38.8 Å². The molecule has 1 N–H and O–H groups in total. The monoisotopic (exact) mass is 283 g/mol. The molecule has 0 bridgehead atoms. The molecule has 19 heavy (non-hydrogen) atoms. The zero-order valence-corrected chi connectivity index (χ0v) is 12.9. The first-order chi connectivity index (χ1) is 8.97. The van der Waals surface area contributed by atoms with Crippen molar-refractivity contribution in [1.82, 2.24) is 5.32 Å². The Labute approximate surface area is 117 Å². The fourth-order valence-electron chi connectivity index (χ4n) is 2.04. The van der Waals surface area contributed by atoms with Crippen LogP contribution in [0.15, 0.2) is 30.3 Å². The average molecular weight is 283 g/mol. The second-order valence-corrected chi connectivity index (χ2v) is 7.76. The van der Waals surface area contributed by atoms with Gasteiger partial charge in [-0.3, -0.25) is 0 Å². The highest BCUT2D eigenvalue weighted by Crippen LogP contribution is 2.19. The van der Waals surface area contributed by atoms with E-state index in [9.17, 15) is 8.42 Å². The van der Waals surface area contributed by atoms with Crippen LogP contribution in [-0.2, 0) is 9.84 Å². The Hall–Kier alpha value is -0.870. The summed E-state index contributed by atoms with van der Waals surface area (Å²) in [5, 5.41) is 3.14. The minimum Gasteiger partial charge on any atom is -0.310 e. The summed E-state index contributed by atoms with van der Waals surface area (Å²) in [5.74, 6) is 0.277. The molecule has 1 atom stereocenters. The number of hydrogen-bond donors (Lipinski definition) is 1. The first-order valence-corrected chi connectivity index (χ1v) is 8.68.